The smallest absolute Gasteiger partial charge is 0.126 e. The molecule has 136 valence electrons. The second-order valence-corrected chi connectivity index (χ2v) is 5.99. The van der Waals surface area contributed by atoms with Gasteiger partial charge in [0.25, 0.3) is 0 Å². The van der Waals surface area contributed by atoms with Gasteiger partial charge in [-0.05, 0) is 48.9 Å². The highest BCUT2D eigenvalue weighted by Crippen LogP contribution is 2.37. The van der Waals surface area contributed by atoms with Gasteiger partial charge in [-0.15, -0.1) is 12.4 Å². The zero-order valence-electron chi connectivity index (χ0n) is 13.7. The molecule has 2 aromatic rings. The molecule has 0 unspecified atom stereocenters. The molecule has 3 nitrogen and oxygen atoms in total. The van der Waals surface area contributed by atoms with Crippen LogP contribution in [0.4, 0.5) is 18.9 Å². The van der Waals surface area contributed by atoms with Gasteiger partial charge < -0.3 is 15.3 Å². The van der Waals surface area contributed by atoms with E-state index >= 15 is 0 Å². The van der Waals surface area contributed by atoms with E-state index in [9.17, 15) is 18.3 Å². The van der Waals surface area contributed by atoms with Crippen molar-refractivity contribution in [1.29, 1.82) is 0 Å². The Morgan fingerprint density at radius 1 is 1.08 bits per heavy atom. The molecule has 0 amide bonds. The quantitative estimate of drug-likeness (QED) is 0.846. The van der Waals surface area contributed by atoms with Crippen molar-refractivity contribution in [2.45, 2.75) is 18.6 Å². The SMILES string of the molecule is CNC[C@@H](O)[C@H](c1cc(F)cc(F)c1)N1CCc2ccc(F)cc21.Cl. The predicted molar refractivity (Wildman–Crippen MR) is 93.7 cm³/mol. The number of hydrogen-bond donors (Lipinski definition) is 2. The van der Waals surface area contributed by atoms with Crippen LogP contribution in [0.1, 0.15) is 17.2 Å². The number of benzene rings is 2. The number of likely N-dealkylation sites (N-methyl/N-ethyl adjacent to an activating group) is 1. The van der Waals surface area contributed by atoms with E-state index in [-0.39, 0.29) is 24.8 Å². The summed E-state index contributed by atoms with van der Waals surface area (Å²) in [6, 6.07) is 7.04. The zero-order chi connectivity index (χ0) is 17.3. The third kappa shape index (κ3) is 4.08. The van der Waals surface area contributed by atoms with Crippen molar-refractivity contribution in [3.8, 4) is 0 Å². The first-order chi connectivity index (χ1) is 11.5. The van der Waals surface area contributed by atoms with Crippen molar-refractivity contribution in [3.63, 3.8) is 0 Å². The number of anilines is 1. The maximum Gasteiger partial charge on any atom is 0.126 e. The lowest BCUT2D eigenvalue weighted by Gasteiger charge is -2.34. The molecule has 7 heteroatoms. The van der Waals surface area contributed by atoms with Crippen LogP contribution >= 0.6 is 12.4 Å². The van der Waals surface area contributed by atoms with Crippen LogP contribution in [0.25, 0.3) is 0 Å². The van der Waals surface area contributed by atoms with Gasteiger partial charge in [0, 0.05) is 24.8 Å². The topological polar surface area (TPSA) is 35.5 Å². The maximum absolute atomic E-state index is 13.7. The van der Waals surface area contributed by atoms with Gasteiger partial charge in [0.05, 0.1) is 12.1 Å². The number of nitrogens with one attached hydrogen (secondary N) is 1. The number of aliphatic hydroxyl groups excluding tert-OH is 1. The summed E-state index contributed by atoms with van der Waals surface area (Å²) in [5.74, 6) is -1.79. The van der Waals surface area contributed by atoms with Gasteiger partial charge in [-0.3, -0.25) is 0 Å². The van der Waals surface area contributed by atoms with Crippen molar-refractivity contribution < 1.29 is 18.3 Å². The summed E-state index contributed by atoms with van der Waals surface area (Å²) in [4.78, 5) is 1.81. The normalized spacial score (nSPS) is 15.5. The number of halogens is 4. The van der Waals surface area contributed by atoms with Gasteiger partial charge in [0.2, 0.25) is 0 Å². The molecule has 1 aliphatic rings. The van der Waals surface area contributed by atoms with Crippen molar-refractivity contribution >= 4 is 18.1 Å². The van der Waals surface area contributed by atoms with Gasteiger partial charge in [-0.1, -0.05) is 6.07 Å². The molecule has 2 N–H and O–H groups in total. The van der Waals surface area contributed by atoms with Gasteiger partial charge in [-0.2, -0.15) is 0 Å². The molecule has 1 aliphatic heterocycles. The highest BCUT2D eigenvalue weighted by Gasteiger charge is 2.33. The number of nitrogens with zero attached hydrogens (tertiary/aromatic N) is 1. The van der Waals surface area contributed by atoms with E-state index < -0.39 is 23.8 Å². The first kappa shape index (κ1) is 19.6. The molecule has 0 aromatic heterocycles. The molecule has 3 rings (SSSR count). The third-order valence-electron chi connectivity index (χ3n) is 4.32. The number of hydrogen-bond acceptors (Lipinski definition) is 3. The molecule has 0 spiro atoms. The van der Waals surface area contributed by atoms with Crippen molar-refractivity contribution in [1.82, 2.24) is 5.32 Å². The fourth-order valence-corrected chi connectivity index (χ4v) is 3.34. The molecule has 0 radical (unpaired) electrons. The Balaban J connectivity index is 0.00000225. The summed E-state index contributed by atoms with van der Waals surface area (Å²) in [6.45, 7) is 0.784. The zero-order valence-corrected chi connectivity index (χ0v) is 14.5. The second kappa shape index (κ2) is 8.08. The van der Waals surface area contributed by atoms with Crippen LogP contribution in [0.2, 0.25) is 0 Å². The summed E-state index contributed by atoms with van der Waals surface area (Å²) in [6.07, 6.45) is -0.221. The van der Waals surface area contributed by atoms with Crippen LogP contribution in [0.5, 0.6) is 0 Å². The van der Waals surface area contributed by atoms with E-state index in [1.807, 2.05) is 4.90 Å². The van der Waals surface area contributed by atoms with E-state index in [4.69, 9.17) is 0 Å². The summed E-state index contributed by atoms with van der Waals surface area (Å²) < 4.78 is 41.0. The second-order valence-electron chi connectivity index (χ2n) is 5.99. The summed E-state index contributed by atoms with van der Waals surface area (Å²) in [7, 11) is 1.68. The Bertz CT molecular complexity index is 724. The number of rotatable bonds is 5. The van der Waals surface area contributed by atoms with Gasteiger partial charge in [-0.25, -0.2) is 13.2 Å². The molecular formula is C18H20ClF3N2O. The minimum atomic E-state index is -0.912. The van der Waals surface area contributed by atoms with Crippen molar-refractivity contribution in [2.75, 3.05) is 25.0 Å². The molecule has 0 fully saturated rings. The first-order valence-corrected chi connectivity index (χ1v) is 7.83. The van der Waals surface area contributed by atoms with Crippen molar-refractivity contribution in [2.24, 2.45) is 0 Å². The van der Waals surface area contributed by atoms with Crippen molar-refractivity contribution in [3.05, 3.63) is 65.0 Å². The fraction of sp³-hybridized carbons (Fsp3) is 0.333. The lowest BCUT2D eigenvalue weighted by Crippen LogP contribution is -2.40. The van der Waals surface area contributed by atoms with Gasteiger partial charge in [0.1, 0.15) is 17.5 Å². The van der Waals surface area contributed by atoms with E-state index in [1.54, 1.807) is 13.1 Å². The lowest BCUT2D eigenvalue weighted by molar-refractivity contribution is 0.141. The molecule has 0 aliphatic carbocycles. The van der Waals surface area contributed by atoms with Crippen LogP contribution < -0.4 is 10.2 Å². The molecule has 2 atom stereocenters. The molecule has 0 saturated heterocycles. The van der Waals surface area contributed by atoms with Gasteiger partial charge in [0.15, 0.2) is 0 Å². The fourth-order valence-electron chi connectivity index (χ4n) is 3.34. The average molecular weight is 373 g/mol. The molecule has 0 saturated carbocycles. The monoisotopic (exact) mass is 372 g/mol. The lowest BCUT2D eigenvalue weighted by atomic mass is 9.98. The molecule has 0 bridgehead atoms. The Hall–Kier alpha value is -1.76. The molecule has 1 heterocycles. The van der Waals surface area contributed by atoms with E-state index in [0.29, 0.717) is 24.2 Å². The minimum absolute atomic E-state index is 0. The Kier molecular flexibility index (Phi) is 6.32. The Labute approximate surface area is 150 Å². The van der Waals surface area contributed by atoms with E-state index in [0.717, 1.165) is 11.6 Å². The number of fused-ring (bicyclic) bond motifs is 1. The highest BCUT2D eigenvalue weighted by molar-refractivity contribution is 5.85. The average Bonchev–Trinajstić information content (AvgIpc) is 2.90. The third-order valence-corrected chi connectivity index (χ3v) is 4.32. The van der Waals surface area contributed by atoms with Crippen LogP contribution in [0.15, 0.2) is 36.4 Å². The minimum Gasteiger partial charge on any atom is -0.389 e. The summed E-state index contributed by atoms with van der Waals surface area (Å²) in [5, 5.41) is 13.4. The van der Waals surface area contributed by atoms with Crippen LogP contribution in [-0.4, -0.2) is 31.3 Å². The van der Waals surface area contributed by atoms with Gasteiger partial charge >= 0.3 is 0 Å². The summed E-state index contributed by atoms with van der Waals surface area (Å²) >= 11 is 0. The maximum atomic E-state index is 13.7. The Morgan fingerprint density at radius 3 is 2.40 bits per heavy atom. The largest absolute Gasteiger partial charge is 0.389 e. The molecule has 2 aromatic carbocycles. The number of aliphatic hydroxyl groups is 1. The van der Waals surface area contributed by atoms with Crippen LogP contribution in [-0.2, 0) is 6.42 Å². The Morgan fingerprint density at radius 2 is 1.76 bits per heavy atom. The standard InChI is InChI=1S/C18H19F3N2O.ClH/c1-22-10-17(24)18(12-6-14(20)8-15(21)7-12)23-5-4-11-2-3-13(19)9-16(11)23;/h2-3,6-9,17-18,22,24H,4-5,10H2,1H3;1H/t17-,18+;/m1./s1. The first-order valence-electron chi connectivity index (χ1n) is 7.83. The van der Waals surface area contributed by atoms with E-state index in [2.05, 4.69) is 5.32 Å². The predicted octanol–water partition coefficient (Wildman–Crippen LogP) is 3.21. The summed E-state index contributed by atoms with van der Waals surface area (Å²) in [5.41, 5.74) is 1.93. The molecule has 25 heavy (non-hydrogen) atoms. The van der Waals surface area contributed by atoms with Crippen LogP contribution in [0, 0.1) is 17.5 Å². The van der Waals surface area contributed by atoms with E-state index in [1.165, 1.54) is 24.3 Å². The molecular weight excluding hydrogens is 353 g/mol. The van der Waals surface area contributed by atoms with Crippen LogP contribution in [0.3, 0.4) is 0 Å². The highest BCUT2D eigenvalue weighted by atomic mass is 35.5.